The minimum atomic E-state index is -0.116. The van der Waals surface area contributed by atoms with Gasteiger partial charge in [0.1, 0.15) is 6.10 Å². The van der Waals surface area contributed by atoms with Gasteiger partial charge in [0.05, 0.1) is 25.4 Å². The zero-order valence-electron chi connectivity index (χ0n) is 19.2. The fourth-order valence-electron chi connectivity index (χ4n) is 4.67. The zero-order chi connectivity index (χ0) is 21.5. The number of piperidine rings is 1. The van der Waals surface area contributed by atoms with E-state index in [4.69, 9.17) is 14.5 Å². The van der Waals surface area contributed by atoms with Crippen molar-refractivity contribution in [2.75, 3.05) is 45.9 Å². The van der Waals surface area contributed by atoms with Crippen molar-refractivity contribution in [3.8, 4) is 0 Å². The lowest BCUT2D eigenvalue weighted by molar-refractivity contribution is -0.0817. The lowest BCUT2D eigenvalue weighted by Gasteiger charge is -2.37. The van der Waals surface area contributed by atoms with Crippen molar-refractivity contribution in [1.29, 1.82) is 0 Å². The Morgan fingerprint density at radius 3 is 2.44 bits per heavy atom. The molecule has 3 saturated heterocycles. The number of rotatable bonds is 6. The number of aliphatic imine (C=N–C) groups is 1. The third-order valence-corrected chi connectivity index (χ3v) is 6.51. The molecule has 0 radical (unpaired) electrons. The summed E-state index contributed by atoms with van der Waals surface area (Å²) >= 11 is 0. The van der Waals surface area contributed by atoms with Gasteiger partial charge >= 0.3 is 0 Å². The van der Waals surface area contributed by atoms with Crippen LogP contribution in [0.15, 0.2) is 29.3 Å². The van der Waals surface area contributed by atoms with Crippen LogP contribution >= 0.6 is 24.0 Å². The van der Waals surface area contributed by atoms with Gasteiger partial charge in [0.15, 0.2) is 5.96 Å². The van der Waals surface area contributed by atoms with Gasteiger partial charge in [-0.2, -0.15) is 0 Å². The summed E-state index contributed by atoms with van der Waals surface area (Å²) in [6.07, 6.45) is 4.24. The first kappa shape index (κ1) is 25.7. The van der Waals surface area contributed by atoms with Gasteiger partial charge < -0.3 is 24.8 Å². The molecule has 2 N–H and O–H groups in total. The molecule has 3 aliphatic heterocycles. The Labute approximate surface area is 209 Å². The summed E-state index contributed by atoms with van der Waals surface area (Å²) < 4.78 is 11.9. The van der Waals surface area contributed by atoms with E-state index >= 15 is 0 Å². The highest BCUT2D eigenvalue weighted by molar-refractivity contribution is 14.0. The smallest absolute Gasteiger partial charge is 0.194 e. The molecular weight excluding hydrogens is 519 g/mol. The van der Waals surface area contributed by atoms with E-state index in [-0.39, 0.29) is 42.3 Å². The Morgan fingerprint density at radius 1 is 1.03 bits per heavy atom. The minimum absolute atomic E-state index is 0. The maximum absolute atomic E-state index is 9.67. The summed E-state index contributed by atoms with van der Waals surface area (Å²) in [5.41, 5.74) is 2.54. The molecule has 1 aromatic rings. The second kappa shape index (κ2) is 13.1. The number of guanidine groups is 1. The van der Waals surface area contributed by atoms with E-state index in [1.807, 2.05) is 0 Å². The minimum Gasteiger partial charge on any atom is -0.393 e. The Morgan fingerprint density at radius 2 is 1.75 bits per heavy atom. The van der Waals surface area contributed by atoms with Crippen LogP contribution in [-0.4, -0.2) is 85.1 Å². The number of hydrogen-bond acceptors (Lipinski definition) is 5. The van der Waals surface area contributed by atoms with E-state index in [1.54, 1.807) is 0 Å². The van der Waals surface area contributed by atoms with Crippen molar-refractivity contribution < 1.29 is 14.6 Å². The molecule has 3 heterocycles. The monoisotopic (exact) mass is 558 g/mol. The van der Waals surface area contributed by atoms with E-state index in [0.717, 1.165) is 84.1 Å². The molecule has 3 aliphatic rings. The van der Waals surface area contributed by atoms with Crippen molar-refractivity contribution in [3.05, 3.63) is 35.4 Å². The third kappa shape index (κ3) is 7.28. The van der Waals surface area contributed by atoms with Crippen LogP contribution in [0.5, 0.6) is 0 Å². The number of morpholine rings is 1. The molecule has 0 aliphatic carbocycles. The zero-order valence-corrected chi connectivity index (χ0v) is 21.6. The van der Waals surface area contributed by atoms with Gasteiger partial charge in [0.25, 0.3) is 0 Å². The van der Waals surface area contributed by atoms with Crippen molar-refractivity contribution >= 4 is 29.9 Å². The highest BCUT2D eigenvalue weighted by atomic mass is 127. The molecule has 0 aromatic heterocycles. The number of ether oxygens (including phenoxy) is 2. The Hall–Kier alpha value is -0.940. The molecule has 1 aromatic carbocycles. The molecule has 0 spiro atoms. The molecule has 3 fully saturated rings. The van der Waals surface area contributed by atoms with Crippen molar-refractivity contribution in [1.82, 2.24) is 15.1 Å². The van der Waals surface area contributed by atoms with Crippen molar-refractivity contribution in [3.63, 3.8) is 0 Å². The quantitative estimate of drug-likeness (QED) is 0.318. The maximum atomic E-state index is 9.67. The highest BCUT2D eigenvalue weighted by Crippen LogP contribution is 2.21. The third-order valence-electron chi connectivity index (χ3n) is 6.51. The topological polar surface area (TPSA) is 69.6 Å². The number of benzene rings is 1. The molecule has 180 valence electrons. The molecule has 4 rings (SSSR count). The predicted octanol–water partition coefficient (Wildman–Crippen LogP) is 2.61. The van der Waals surface area contributed by atoms with Crippen LogP contribution in [0.25, 0.3) is 0 Å². The SMILES string of the molecule is CCNC(=NCc1ccc(CN2CCC(O)CC2)cc1)N1CCOC(C2CCCO2)C1.I. The molecule has 8 heteroatoms. The average Bonchev–Trinajstić information content (AvgIpc) is 3.34. The van der Waals surface area contributed by atoms with Crippen molar-refractivity contribution in [2.24, 2.45) is 4.99 Å². The second-order valence-corrected chi connectivity index (χ2v) is 8.90. The van der Waals surface area contributed by atoms with Crippen LogP contribution in [0.2, 0.25) is 0 Å². The molecule has 0 amide bonds. The summed E-state index contributed by atoms with van der Waals surface area (Å²) in [5, 5.41) is 13.1. The largest absolute Gasteiger partial charge is 0.393 e. The first-order valence-corrected chi connectivity index (χ1v) is 12.0. The number of hydrogen-bond donors (Lipinski definition) is 2. The molecule has 32 heavy (non-hydrogen) atoms. The maximum Gasteiger partial charge on any atom is 0.194 e. The number of nitrogens with one attached hydrogen (secondary N) is 1. The highest BCUT2D eigenvalue weighted by Gasteiger charge is 2.32. The van der Waals surface area contributed by atoms with E-state index in [0.29, 0.717) is 6.54 Å². The molecule has 7 nitrogen and oxygen atoms in total. The summed E-state index contributed by atoms with van der Waals surface area (Å²) in [4.78, 5) is 9.66. The number of aliphatic hydroxyl groups is 1. The van der Waals surface area contributed by atoms with E-state index < -0.39 is 0 Å². The fourth-order valence-corrected chi connectivity index (χ4v) is 4.67. The summed E-state index contributed by atoms with van der Waals surface area (Å²) in [6.45, 7) is 9.81. The van der Waals surface area contributed by atoms with E-state index in [2.05, 4.69) is 46.3 Å². The predicted molar refractivity (Wildman–Crippen MR) is 137 cm³/mol. The van der Waals surface area contributed by atoms with Crippen LogP contribution in [0.4, 0.5) is 0 Å². The van der Waals surface area contributed by atoms with Crippen LogP contribution in [0.1, 0.15) is 43.7 Å². The normalized spacial score (nSPS) is 25.6. The molecule has 0 bridgehead atoms. The van der Waals surface area contributed by atoms with Gasteiger partial charge in [-0.05, 0) is 43.7 Å². The first-order valence-electron chi connectivity index (χ1n) is 12.0. The van der Waals surface area contributed by atoms with Gasteiger partial charge in [0, 0.05) is 45.9 Å². The van der Waals surface area contributed by atoms with E-state index in [1.165, 1.54) is 11.1 Å². The van der Waals surface area contributed by atoms with Gasteiger partial charge in [-0.15, -0.1) is 24.0 Å². The lowest BCUT2D eigenvalue weighted by Crippen LogP contribution is -2.53. The van der Waals surface area contributed by atoms with Gasteiger partial charge in [0.2, 0.25) is 0 Å². The van der Waals surface area contributed by atoms with Gasteiger partial charge in [-0.3, -0.25) is 4.90 Å². The average molecular weight is 559 g/mol. The number of nitrogens with zero attached hydrogens (tertiary/aromatic N) is 3. The number of aliphatic hydroxyl groups excluding tert-OH is 1. The summed E-state index contributed by atoms with van der Waals surface area (Å²) in [7, 11) is 0. The second-order valence-electron chi connectivity index (χ2n) is 8.90. The van der Waals surface area contributed by atoms with Crippen LogP contribution < -0.4 is 5.32 Å². The Kier molecular flexibility index (Phi) is 10.5. The Balaban J connectivity index is 0.00000289. The lowest BCUT2D eigenvalue weighted by atomic mass is 10.1. The molecule has 0 saturated carbocycles. The molecular formula is C24H39IN4O3. The van der Waals surface area contributed by atoms with Crippen LogP contribution in [-0.2, 0) is 22.6 Å². The van der Waals surface area contributed by atoms with E-state index in [9.17, 15) is 5.11 Å². The summed E-state index contributed by atoms with van der Waals surface area (Å²) in [5.74, 6) is 0.963. The standard InChI is InChI=1S/C24H38N4O3.HI/c1-2-25-24(28-13-15-31-23(18-28)22-4-3-14-30-22)26-16-19-5-7-20(8-6-19)17-27-11-9-21(29)10-12-27;/h5-8,21-23,29H,2-4,9-18H2,1H3,(H,25,26);1H. The first-order chi connectivity index (χ1) is 15.2. The van der Waals surface area contributed by atoms with Crippen LogP contribution in [0, 0.1) is 0 Å². The van der Waals surface area contributed by atoms with Crippen LogP contribution in [0.3, 0.4) is 0 Å². The Bertz CT molecular complexity index is 704. The molecule has 2 atom stereocenters. The van der Waals surface area contributed by atoms with Gasteiger partial charge in [-0.1, -0.05) is 24.3 Å². The van der Waals surface area contributed by atoms with Gasteiger partial charge in [-0.25, -0.2) is 4.99 Å². The fraction of sp³-hybridized carbons (Fsp3) is 0.708. The molecule has 2 unspecified atom stereocenters. The number of halogens is 1. The summed E-state index contributed by atoms with van der Waals surface area (Å²) in [6, 6.07) is 8.81. The van der Waals surface area contributed by atoms with Crippen molar-refractivity contribution in [2.45, 2.75) is 64.0 Å². The number of likely N-dealkylation sites (tertiary alicyclic amines) is 1.